The van der Waals surface area contributed by atoms with Crippen molar-refractivity contribution in [2.75, 3.05) is 0 Å². The van der Waals surface area contributed by atoms with Crippen LogP contribution < -0.4 is 10.5 Å². The van der Waals surface area contributed by atoms with Crippen LogP contribution in [0.3, 0.4) is 0 Å². The predicted octanol–water partition coefficient (Wildman–Crippen LogP) is 0.243. The van der Waals surface area contributed by atoms with Crippen molar-refractivity contribution < 1.29 is 9.53 Å². The molecule has 1 aromatic rings. The molecule has 0 atom stereocenters. The Hall–Kier alpha value is -1.65. The number of hydrogen-bond acceptors (Lipinski definition) is 4. The molecule has 5 heteroatoms. The minimum atomic E-state index is -0.886. The first-order valence-electron chi connectivity index (χ1n) is 2.96. The van der Waals surface area contributed by atoms with Crippen molar-refractivity contribution in [2.45, 2.75) is 6.92 Å². The number of aromatic nitrogens is 2. The molecule has 0 aromatic carbocycles. The fourth-order valence-corrected chi connectivity index (χ4v) is 0.544. The highest BCUT2D eigenvalue weighted by atomic mass is 16.6. The number of carbonyl (C=O) groups is 1. The number of ether oxygens (including phenoxy) is 1. The van der Waals surface area contributed by atoms with Crippen LogP contribution in [0, 0.1) is 6.92 Å². The molecule has 0 radical (unpaired) electrons. The van der Waals surface area contributed by atoms with Crippen LogP contribution in [-0.4, -0.2) is 16.3 Å². The van der Waals surface area contributed by atoms with Crippen molar-refractivity contribution in [1.29, 1.82) is 0 Å². The Bertz CT molecular complexity index is 257. The van der Waals surface area contributed by atoms with Gasteiger partial charge in [-0.3, -0.25) is 0 Å². The number of nitrogens with two attached hydrogens (primary N) is 1. The van der Waals surface area contributed by atoms with Crippen LogP contribution >= 0.6 is 0 Å². The molecule has 0 saturated heterocycles. The SMILES string of the molecule is Cc1ccc(OC(N)=O)nn1. The van der Waals surface area contributed by atoms with E-state index in [9.17, 15) is 4.79 Å². The van der Waals surface area contributed by atoms with E-state index in [0.717, 1.165) is 5.69 Å². The van der Waals surface area contributed by atoms with Gasteiger partial charge in [0.25, 0.3) is 0 Å². The Morgan fingerprint density at radius 2 is 2.27 bits per heavy atom. The number of carbonyl (C=O) groups excluding carboxylic acids is 1. The molecule has 0 aliphatic heterocycles. The standard InChI is InChI=1S/C6H7N3O2/c1-4-2-3-5(9-8-4)11-6(7)10/h2-3H,1H3,(H2,7,10). The highest BCUT2D eigenvalue weighted by Crippen LogP contribution is 2.02. The molecule has 0 aliphatic carbocycles. The van der Waals surface area contributed by atoms with Crippen LogP contribution in [0.5, 0.6) is 5.88 Å². The Labute approximate surface area is 63.2 Å². The Balaban J connectivity index is 2.74. The zero-order chi connectivity index (χ0) is 8.27. The third-order valence-electron chi connectivity index (χ3n) is 0.979. The van der Waals surface area contributed by atoms with Gasteiger partial charge < -0.3 is 10.5 Å². The maximum absolute atomic E-state index is 10.2. The van der Waals surface area contributed by atoms with Gasteiger partial charge in [-0.15, -0.1) is 5.10 Å². The Kier molecular flexibility index (Phi) is 2.00. The molecular weight excluding hydrogens is 146 g/mol. The van der Waals surface area contributed by atoms with Gasteiger partial charge >= 0.3 is 6.09 Å². The molecule has 0 bridgehead atoms. The number of hydrogen-bond donors (Lipinski definition) is 1. The molecule has 0 spiro atoms. The van der Waals surface area contributed by atoms with Crippen LogP contribution in [0.25, 0.3) is 0 Å². The van der Waals surface area contributed by atoms with Gasteiger partial charge in [0.15, 0.2) is 0 Å². The van der Waals surface area contributed by atoms with Gasteiger partial charge in [0.1, 0.15) is 0 Å². The zero-order valence-corrected chi connectivity index (χ0v) is 5.94. The van der Waals surface area contributed by atoms with Gasteiger partial charge in [-0.05, 0) is 13.0 Å². The highest BCUT2D eigenvalue weighted by Gasteiger charge is 1.98. The summed E-state index contributed by atoms with van der Waals surface area (Å²) >= 11 is 0. The second-order valence-electron chi connectivity index (χ2n) is 1.93. The summed E-state index contributed by atoms with van der Waals surface area (Å²) in [7, 11) is 0. The van der Waals surface area contributed by atoms with Crippen molar-refractivity contribution in [1.82, 2.24) is 10.2 Å². The summed E-state index contributed by atoms with van der Waals surface area (Å²) in [5.74, 6) is 0.114. The van der Waals surface area contributed by atoms with E-state index < -0.39 is 6.09 Å². The number of aryl methyl sites for hydroxylation is 1. The van der Waals surface area contributed by atoms with Crippen LogP contribution in [0.15, 0.2) is 12.1 Å². The van der Waals surface area contributed by atoms with Gasteiger partial charge in [-0.1, -0.05) is 0 Å². The summed E-state index contributed by atoms with van der Waals surface area (Å²) in [4.78, 5) is 10.2. The van der Waals surface area contributed by atoms with E-state index >= 15 is 0 Å². The smallest absolute Gasteiger partial charge is 0.390 e. The molecule has 0 saturated carbocycles. The lowest BCUT2D eigenvalue weighted by Crippen LogP contribution is -2.17. The van der Waals surface area contributed by atoms with E-state index in [1.807, 2.05) is 0 Å². The average molecular weight is 153 g/mol. The molecule has 5 nitrogen and oxygen atoms in total. The van der Waals surface area contributed by atoms with Crippen molar-refractivity contribution in [2.24, 2.45) is 5.73 Å². The summed E-state index contributed by atoms with van der Waals surface area (Å²) in [5, 5.41) is 7.19. The largest absolute Gasteiger partial charge is 0.411 e. The van der Waals surface area contributed by atoms with Crippen LogP contribution in [-0.2, 0) is 0 Å². The monoisotopic (exact) mass is 153 g/mol. The molecule has 1 rings (SSSR count). The molecule has 0 fully saturated rings. The second kappa shape index (κ2) is 2.96. The molecule has 1 amide bonds. The average Bonchev–Trinajstić information content (AvgIpc) is 1.93. The van der Waals surface area contributed by atoms with Gasteiger partial charge in [-0.25, -0.2) is 4.79 Å². The number of amides is 1. The summed E-state index contributed by atoms with van der Waals surface area (Å²) in [5.41, 5.74) is 5.49. The van der Waals surface area contributed by atoms with E-state index in [1.54, 1.807) is 13.0 Å². The van der Waals surface area contributed by atoms with E-state index in [2.05, 4.69) is 14.9 Å². The molecule has 2 N–H and O–H groups in total. The van der Waals surface area contributed by atoms with Gasteiger partial charge in [0, 0.05) is 6.07 Å². The maximum atomic E-state index is 10.2. The third-order valence-corrected chi connectivity index (χ3v) is 0.979. The molecule has 0 aliphatic rings. The minimum absolute atomic E-state index is 0.114. The van der Waals surface area contributed by atoms with Gasteiger partial charge in [-0.2, -0.15) is 5.10 Å². The van der Waals surface area contributed by atoms with Gasteiger partial charge in [0.05, 0.1) is 5.69 Å². The van der Waals surface area contributed by atoms with Crippen molar-refractivity contribution in [3.05, 3.63) is 17.8 Å². The van der Waals surface area contributed by atoms with E-state index in [-0.39, 0.29) is 5.88 Å². The van der Waals surface area contributed by atoms with Gasteiger partial charge in [0.2, 0.25) is 5.88 Å². The van der Waals surface area contributed by atoms with Crippen LogP contribution in [0.4, 0.5) is 4.79 Å². The lowest BCUT2D eigenvalue weighted by atomic mass is 10.4. The van der Waals surface area contributed by atoms with E-state index in [0.29, 0.717) is 0 Å². The summed E-state index contributed by atoms with van der Waals surface area (Å²) < 4.78 is 4.43. The fraction of sp³-hybridized carbons (Fsp3) is 0.167. The quantitative estimate of drug-likeness (QED) is 0.626. The molecule has 11 heavy (non-hydrogen) atoms. The maximum Gasteiger partial charge on any atom is 0.411 e. The van der Waals surface area contributed by atoms with Crippen LogP contribution in [0.1, 0.15) is 5.69 Å². The normalized spacial score (nSPS) is 9.18. The van der Waals surface area contributed by atoms with Crippen LogP contribution in [0.2, 0.25) is 0 Å². The summed E-state index contributed by atoms with van der Waals surface area (Å²) in [6, 6.07) is 3.19. The Morgan fingerprint density at radius 1 is 1.55 bits per heavy atom. The van der Waals surface area contributed by atoms with Crippen molar-refractivity contribution in [3.63, 3.8) is 0 Å². The molecule has 1 aromatic heterocycles. The summed E-state index contributed by atoms with van der Waals surface area (Å²) in [6.45, 7) is 1.78. The fourth-order valence-electron chi connectivity index (χ4n) is 0.544. The topological polar surface area (TPSA) is 78.1 Å². The number of primary amides is 1. The lowest BCUT2D eigenvalue weighted by molar-refractivity contribution is 0.208. The van der Waals surface area contributed by atoms with E-state index in [4.69, 9.17) is 5.73 Å². The van der Waals surface area contributed by atoms with Crippen molar-refractivity contribution >= 4 is 6.09 Å². The molecule has 1 heterocycles. The molecule has 58 valence electrons. The predicted molar refractivity (Wildman–Crippen MR) is 37.0 cm³/mol. The van der Waals surface area contributed by atoms with Crippen molar-refractivity contribution in [3.8, 4) is 5.88 Å². The highest BCUT2D eigenvalue weighted by molar-refractivity contribution is 5.67. The number of nitrogens with zero attached hydrogens (tertiary/aromatic N) is 2. The second-order valence-corrected chi connectivity index (χ2v) is 1.93. The molecular formula is C6H7N3O2. The zero-order valence-electron chi connectivity index (χ0n) is 5.94. The lowest BCUT2D eigenvalue weighted by Gasteiger charge is -1.96. The Morgan fingerprint density at radius 3 is 2.73 bits per heavy atom. The molecule has 0 unspecified atom stereocenters. The first-order chi connectivity index (χ1) is 5.18. The first-order valence-corrected chi connectivity index (χ1v) is 2.96. The number of rotatable bonds is 1. The first kappa shape index (κ1) is 7.46. The summed E-state index contributed by atoms with van der Waals surface area (Å²) in [6.07, 6.45) is -0.886. The third kappa shape index (κ3) is 2.21. The van der Waals surface area contributed by atoms with E-state index in [1.165, 1.54) is 6.07 Å². The minimum Gasteiger partial charge on any atom is -0.390 e.